The molecule has 1 aromatic heterocycles. The highest BCUT2D eigenvalue weighted by Gasteiger charge is 2.04. The molecule has 16 heavy (non-hydrogen) atoms. The normalized spacial score (nSPS) is 10.4. The number of nitrogens with zero attached hydrogens (tertiary/aromatic N) is 1. The fraction of sp³-hybridized carbons (Fsp3) is 0.0909. The minimum Gasteiger partial charge on any atom is -0.391 e. The number of aliphatic hydroxyl groups excluding tert-OH is 1. The van der Waals surface area contributed by atoms with Crippen molar-refractivity contribution in [2.45, 2.75) is 6.61 Å². The molecule has 0 unspecified atom stereocenters. The van der Waals surface area contributed by atoms with Crippen LogP contribution >= 0.6 is 15.9 Å². The first kappa shape index (κ1) is 11.0. The van der Waals surface area contributed by atoms with E-state index in [4.69, 9.17) is 5.11 Å². The number of rotatable bonds is 2. The number of aliphatic hydroxyl groups is 1. The lowest BCUT2D eigenvalue weighted by Gasteiger charge is -2.02. The van der Waals surface area contributed by atoms with Gasteiger partial charge in [-0.05, 0) is 18.2 Å². The Morgan fingerprint density at radius 2 is 2.00 bits per heavy atom. The molecule has 0 amide bonds. The van der Waals surface area contributed by atoms with E-state index in [1.807, 2.05) is 24.3 Å². The minimum atomic E-state index is -0.358. The van der Waals surface area contributed by atoms with Gasteiger partial charge in [-0.2, -0.15) is 5.10 Å². The zero-order valence-electron chi connectivity index (χ0n) is 8.27. The number of benzene rings is 1. The van der Waals surface area contributed by atoms with Gasteiger partial charge in [0.05, 0.1) is 12.3 Å². The Labute approximate surface area is 100 Å². The highest BCUT2D eigenvalue weighted by Crippen LogP contribution is 2.19. The third-order valence-corrected chi connectivity index (χ3v) is 2.72. The van der Waals surface area contributed by atoms with Crippen LogP contribution in [0.15, 0.2) is 39.6 Å². The van der Waals surface area contributed by atoms with Gasteiger partial charge in [-0.15, -0.1) is 0 Å². The molecule has 0 bridgehead atoms. The lowest BCUT2D eigenvalue weighted by molar-refractivity contribution is 0.280. The van der Waals surface area contributed by atoms with Gasteiger partial charge in [-0.25, -0.2) is 5.10 Å². The zero-order valence-corrected chi connectivity index (χ0v) is 9.86. The van der Waals surface area contributed by atoms with Crippen molar-refractivity contribution in [1.29, 1.82) is 0 Å². The van der Waals surface area contributed by atoms with Crippen LogP contribution in [0.5, 0.6) is 0 Å². The van der Waals surface area contributed by atoms with Gasteiger partial charge in [0.2, 0.25) is 0 Å². The Hall–Kier alpha value is -1.46. The second-order valence-electron chi connectivity index (χ2n) is 3.27. The molecule has 0 saturated carbocycles. The maximum atomic E-state index is 11.2. The fourth-order valence-corrected chi connectivity index (χ4v) is 1.60. The van der Waals surface area contributed by atoms with Crippen molar-refractivity contribution in [1.82, 2.24) is 10.2 Å². The zero-order chi connectivity index (χ0) is 11.5. The summed E-state index contributed by atoms with van der Waals surface area (Å²) in [5.74, 6) is 0. The molecular formula is C11H9BrN2O2. The molecule has 0 atom stereocenters. The standard InChI is InChI=1S/C11H9BrN2O2/c12-9-3-1-7(2-4-9)10-5-8(6-15)11(16)14-13-10/h1-5,15H,6H2,(H,14,16). The third kappa shape index (κ3) is 2.20. The SMILES string of the molecule is O=c1[nH]nc(-c2ccc(Br)cc2)cc1CO. The molecule has 2 aromatic rings. The fourth-order valence-electron chi connectivity index (χ4n) is 1.33. The van der Waals surface area contributed by atoms with Crippen LogP contribution in [-0.2, 0) is 6.61 Å². The molecule has 0 fully saturated rings. The van der Waals surface area contributed by atoms with Gasteiger partial charge in [0.15, 0.2) is 0 Å². The highest BCUT2D eigenvalue weighted by molar-refractivity contribution is 9.10. The number of H-pyrrole nitrogens is 1. The van der Waals surface area contributed by atoms with E-state index in [1.54, 1.807) is 6.07 Å². The highest BCUT2D eigenvalue weighted by atomic mass is 79.9. The lowest BCUT2D eigenvalue weighted by atomic mass is 10.1. The van der Waals surface area contributed by atoms with Gasteiger partial charge < -0.3 is 5.11 Å². The summed E-state index contributed by atoms with van der Waals surface area (Å²) in [7, 11) is 0. The molecule has 5 heteroatoms. The van der Waals surface area contributed by atoms with Crippen LogP contribution in [-0.4, -0.2) is 15.3 Å². The number of nitrogens with one attached hydrogen (secondary N) is 1. The van der Waals surface area contributed by atoms with Crippen LogP contribution in [0.25, 0.3) is 11.3 Å². The Balaban J connectivity index is 2.48. The first-order valence-electron chi connectivity index (χ1n) is 4.66. The van der Waals surface area contributed by atoms with Gasteiger partial charge in [0.25, 0.3) is 5.56 Å². The summed E-state index contributed by atoms with van der Waals surface area (Å²) < 4.78 is 0.975. The van der Waals surface area contributed by atoms with Crippen molar-refractivity contribution in [3.05, 3.63) is 50.7 Å². The van der Waals surface area contributed by atoms with Crippen molar-refractivity contribution in [2.75, 3.05) is 0 Å². The summed E-state index contributed by atoms with van der Waals surface area (Å²) in [5, 5.41) is 15.3. The third-order valence-electron chi connectivity index (χ3n) is 2.19. The molecule has 1 heterocycles. The van der Waals surface area contributed by atoms with E-state index >= 15 is 0 Å². The predicted molar refractivity (Wildman–Crippen MR) is 63.9 cm³/mol. The second kappa shape index (κ2) is 4.59. The topological polar surface area (TPSA) is 66.0 Å². The maximum absolute atomic E-state index is 11.2. The number of hydrogen-bond donors (Lipinski definition) is 2. The second-order valence-corrected chi connectivity index (χ2v) is 4.19. The van der Waals surface area contributed by atoms with Crippen LogP contribution < -0.4 is 5.56 Å². The van der Waals surface area contributed by atoms with E-state index in [0.29, 0.717) is 11.3 Å². The largest absolute Gasteiger partial charge is 0.391 e. The molecule has 0 aliphatic heterocycles. The average Bonchev–Trinajstić information content (AvgIpc) is 2.31. The van der Waals surface area contributed by atoms with E-state index in [1.165, 1.54) is 0 Å². The van der Waals surface area contributed by atoms with Crippen molar-refractivity contribution in [3.63, 3.8) is 0 Å². The molecule has 0 aliphatic rings. The van der Waals surface area contributed by atoms with Gasteiger partial charge in [-0.1, -0.05) is 28.1 Å². The van der Waals surface area contributed by atoms with E-state index < -0.39 is 0 Å². The summed E-state index contributed by atoms with van der Waals surface area (Å²) in [6, 6.07) is 9.13. The van der Waals surface area contributed by atoms with Crippen LogP contribution in [0.3, 0.4) is 0 Å². The van der Waals surface area contributed by atoms with E-state index in [-0.39, 0.29) is 12.2 Å². The van der Waals surface area contributed by atoms with Gasteiger partial charge in [0.1, 0.15) is 0 Å². The van der Waals surface area contributed by atoms with Crippen LogP contribution in [0.1, 0.15) is 5.56 Å². The molecule has 2 N–H and O–H groups in total. The van der Waals surface area contributed by atoms with Crippen molar-refractivity contribution in [2.24, 2.45) is 0 Å². The predicted octanol–water partition coefficient (Wildman–Crippen LogP) is 1.69. The first-order chi connectivity index (χ1) is 7.70. The van der Waals surface area contributed by atoms with Gasteiger partial charge >= 0.3 is 0 Å². The number of hydrogen-bond acceptors (Lipinski definition) is 3. The quantitative estimate of drug-likeness (QED) is 0.880. The van der Waals surface area contributed by atoms with Crippen molar-refractivity contribution >= 4 is 15.9 Å². The average molecular weight is 281 g/mol. The molecule has 0 radical (unpaired) electrons. The summed E-state index contributed by atoms with van der Waals surface area (Å²) in [6.45, 7) is -0.290. The first-order valence-corrected chi connectivity index (χ1v) is 5.45. The van der Waals surface area contributed by atoms with Gasteiger partial charge in [0, 0.05) is 15.6 Å². The van der Waals surface area contributed by atoms with Crippen molar-refractivity contribution in [3.8, 4) is 11.3 Å². The lowest BCUT2D eigenvalue weighted by Crippen LogP contribution is -2.14. The Bertz CT molecular complexity index is 549. The molecule has 0 spiro atoms. The molecule has 1 aromatic carbocycles. The maximum Gasteiger partial charge on any atom is 0.269 e. The Morgan fingerprint density at radius 1 is 1.31 bits per heavy atom. The van der Waals surface area contributed by atoms with Gasteiger partial charge in [-0.3, -0.25) is 4.79 Å². The van der Waals surface area contributed by atoms with E-state index in [2.05, 4.69) is 26.1 Å². The Kier molecular flexibility index (Phi) is 3.17. The summed E-state index contributed by atoms with van der Waals surface area (Å²) in [5.41, 5.74) is 1.47. The molecule has 0 aliphatic carbocycles. The minimum absolute atomic E-state index is 0.290. The number of halogens is 1. The monoisotopic (exact) mass is 280 g/mol. The number of aromatic amines is 1. The van der Waals surface area contributed by atoms with E-state index in [9.17, 15) is 4.79 Å². The van der Waals surface area contributed by atoms with Crippen LogP contribution in [0.4, 0.5) is 0 Å². The molecular weight excluding hydrogens is 272 g/mol. The summed E-state index contributed by atoms with van der Waals surface area (Å²) in [4.78, 5) is 11.2. The molecule has 2 rings (SSSR count). The molecule has 4 nitrogen and oxygen atoms in total. The Morgan fingerprint density at radius 3 is 2.62 bits per heavy atom. The molecule has 0 saturated heterocycles. The van der Waals surface area contributed by atoms with Crippen molar-refractivity contribution < 1.29 is 5.11 Å². The summed E-state index contributed by atoms with van der Waals surface area (Å²) in [6.07, 6.45) is 0. The van der Waals surface area contributed by atoms with Crippen LogP contribution in [0.2, 0.25) is 0 Å². The molecule has 82 valence electrons. The smallest absolute Gasteiger partial charge is 0.269 e. The number of aromatic nitrogens is 2. The van der Waals surface area contributed by atoms with Crippen LogP contribution in [0, 0.1) is 0 Å². The van der Waals surface area contributed by atoms with E-state index in [0.717, 1.165) is 10.0 Å². The summed E-state index contributed by atoms with van der Waals surface area (Å²) >= 11 is 3.34.